The van der Waals surface area contributed by atoms with E-state index in [-0.39, 0.29) is 11.7 Å². The van der Waals surface area contributed by atoms with E-state index in [1.807, 2.05) is 31.2 Å². The van der Waals surface area contributed by atoms with Gasteiger partial charge in [-0.3, -0.25) is 9.59 Å². The van der Waals surface area contributed by atoms with Crippen LogP contribution in [0.2, 0.25) is 0 Å². The number of carbonyl (C=O) groups excluding carboxylic acids is 2. The molecule has 0 aliphatic heterocycles. The van der Waals surface area contributed by atoms with Gasteiger partial charge >= 0.3 is 0 Å². The lowest BCUT2D eigenvalue weighted by atomic mass is 10.0. The summed E-state index contributed by atoms with van der Waals surface area (Å²) in [6.45, 7) is 4.68. The summed E-state index contributed by atoms with van der Waals surface area (Å²) < 4.78 is 5.83. The number of amides is 1. The molecule has 0 unspecified atom stereocenters. The Labute approximate surface area is 173 Å². The van der Waals surface area contributed by atoms with E-state index in [0.717, 1.165) is 29.7 Å². The fourth-order valence-corrected chi connectivity index (χ4v) is 2.75. The number of allylic oxidation sites excluding steroid dienone is 3. The molecule has 0 spiro atoms. The third-order valence-corrected chi connectivity index (χ3v) is 4.36. The van der Waals surface area contributed by atoms with E-state index in [2.05, 4.69) is 13.0 Å². The Kier molecular flexibility index (Phi) is 8.41. The molecule has 0 aliphatic rings. The number of nitrogens with zero attached hydrogens (tertiary/aromatic N) is 1. The minimum Gasteiger partial charge on any atom is -0.493 e. The second-order valence-corrected chi connectivity index (χ2v) is 6.97. The Hall–Kier alpha value is -3.14. The zero-order valence-electron chi connectivity index (χ0n) is 17.6. The van der Waals surface area contributed by atoms with Crippen LogP contribution in [0.3, 0.4) is 0 Å². The molecular weight excluding hydrogens is 362 g/mol. The Morgan fingerprint density at radius 1 is 1.03 bits per heavy atom. The molecule has 1 amide bonds. The quantitative estimate of drug-likeness (QED) is 0.336. The van der Waals surface area contributed by atoms with Crippen LogP contribution in [0.4, 0.5) is 0 Å². The second-order valence-electron chi connectivity index (χ2n) is 6.97. The maximum atomic E-state index is 12.6. The van der Waals surface area contributed by atoms with Crippen LogP contribution in [-0.2, 0) is 6.42 Å². The molecule has 0 saturated heterocycles. The molecule has 4 nitrogen and oxygen atoms in total. The normalized spacial score (nSPS) is 11.2. The number of benzene rings is 2. The lowest BCUT2D eigenvalue weighted by Gasteiger charge is -2.10. The number of ether oxygens (including phenoxy) is 1. The van der Waals surface area contributed by atoms with Gasteiger partial charge in [0.1, 0.15) is 5.75 Å². The number of ketones is 1. The first-order chi connectivity index (χ1) is 14.0. The van der Waals surface area contributed by atoms with Crippen LogP contribution in [0.25, 0.3) is 6.08 Å². The van der Waals surface area contributed by atoms with Crippen LogP contribution < -0.4 is 4.74 Å². The van der Waals surface area contributed by atoms with Crippen LogP contribution in [0.5, 0.6) is 5.75 Å². The summed E-state index contributed by atoms with van der Waals surface area (Å²) in [5.74, 6) is 0.566. The highest BCUT2D eigenvalue weighted by Gasteiger charge is 2.09. The summed E-state index contributed by atoms with van der Waals surface area (Å²) in [7, 11) is 3.40. The molecule has 0 radical (unpaired) electrons. The molecule has 0 bridgehead atoms. The second kappa shape index (κ2) is 11.0. The smallest absolute Gasteiger partial charge is 0.253 e. The van der Waals surface area contributed by atoms with Crippen molar-refractivity contribution in [2.75, 3.05) is 20.7 Å². The molecule has 152 valence electrons. The summed E-state index contributed by atoms with van der Waals surface area (Å²) >= 11 is 0. The lowest BCUT2D eigenvalue weighted by molar-refractivity contribution is 0.0827. The van der Waals surface area contributed by atoms with Crippen molar-refractivity contribution in [3.63, 3.8) is 0 Å². The predicted molar refractivity (Wildman–Crippen MR) is 119 cm³/mol. The van der Waals surface area contributed by atoms with Crippen molar-refractivity contribution in [2.24, 2.45) is 0 Å². The fourth-order valence-electron chi connectivity index (χ4n) is 2.75. The van der Waals surface area contributed by atoms with E-state index in [1.54, 1.807) is 50.5 Å². The third-order valence-electron chi connectivity index (χ3n) is 4.36. The van der Waals surface area contributed by atoms with Gasteiger partial charge in [0.2, 0.25) is 0 Å². The standard InChI is InChI=1S/C25H29NO3/c1-5-7-8-19-9-16-24(29-17-6-2)22(18-19)14-15-23(27)20-10-12-21(13-11-20)25(28)26(3)4/h5,7,9-16,18H,6,8,17H2,1-4H3. The minimum absolute atomic E-state index is 0.0878. The Balaban J connectivity index is 2.21. The number of hydrogen-bond acceptors (Lipinski definition) is 3. The van der Waals surface area contributed by atoms with Gasteiger partial charge in [0.25, 0.3) is 5.91 Å². The van der Waals surface area contributed by atoms with Crippen molar-refractivity contribution < 1.29 is 14.3 Å². The van der Waals surface area contributed by atoms with Crippen LogP contribution in [0.1, 0.15) is 52.1 Å². The molecule has 0 heterocycles. The molecule has 0 saturated carbocycles. The van der Waals surface area contributed by atoms with E-state index >= 15 is 0 Å². The van der Waals surface area contributed by atoms with Gasteiger partial charge in [-0.05, 0) is 61.7 Å². The van der Waals surface area contributed by atoms with E-state index in [0.29, 0.717) is 17.7 Å². The first kappa shape index (κ1) is 22.2. The summed E-state index contributed by atoms with van der Waals surface area (Å²) in [4.78, 5) is 26.1. The van der Waals surface area contributed by atoms with E-state index in [9.17, 15) is 9.59 Å². The van der Waals surface area contributed by atoms with E-state index in [4.69, 9.17) is 4.74 Å². The zero-order chi connectivity index (χ0) is 21.2. The summed E-state index contributed by atoms with van der Waals surface area (Å²) in [6, 6.07) is 12.8. The number of rotatable bonds is 9. The van der Waals surface area contributed by atoms with Crippen molar-refractivity contribution in [1.82, 2.24) is 4.90 Å². The Morgan fingerprint density at radius 3 is 2.34 bits per heavy atom. The monoisotopic (exact) mass is 391 g/mol. The summed E-state index contributed by atoms with van der Waals surface area (Å²) in [5.41, 5.74) is 3.14. The van der Waals surface area contributed by atoms with Crippen LogP contribution in [-0.4, -0.2) is 37.3 Å². The highest BCUT2D eigenvalue weighted by molar-refractivity contribution is 6.07. The van der Waals surface area contributed by atoms with Gasteiger partial charge in [-0.15, -0.1) is 0 Å². The molecule has 2 rings (SSSR count). The van der Waals surface area contributed by atoms with Gasteiger partial charge in [-0.25, -0.2) is 0 Å². The van der Waals surface area contributed by atoms with E-state index in [1.165, 1.54) is 4.90 Å². The maximum absolute atomic E-state index is 12.6. The van der Waals surface area contributed by atoms with Crippen LogP contribution in [0.15, 0.2) is 60.7 Å². The number of hydrogen-bond donors (Lipinski definition) is 0. The van der Waals surface area contributed by atoms with Crippen molar-refractivity contribution in [1.29, 1.82) is 0 Å². The molecule has 2 aromatic carbocycles. The zero-order valence-corrected chi connectivity index (χ0v) is 17.6. The van der Waals surface area contributed by atoms with Crippen LogP contribution >= 0.6 is 0 Å². The average Bonchev–Trinajstić information content (AvgIpc) is 2.74. The molecule has 29 heavy (non-hydrogen) atoms. The molecule has 0 atom stereocenters. The minimum atomic E-state index is -0.117. The van der Waals surface area contributed by atoms with Gasteiger partial charge in [-0.1, -0.05) is 37.3 Å². The van der Waals surface area contributed by atoms with Gasteiger partial charge in [0.05, 0.1) is 6.61 Å². The van der Waals surface area contributed by atoms with Gasteiger partial charge in [-0.2, -0.15) is 0 Å². The van der Waals surface area contributed by atoms with Crippen molar-refractivity contribution >= 4 is 17.8 Å². The summed E-state index contributed by atoms with van der Waals surface area (Å²) in [5, 5.41) is 0. The first-order valence-electron chi connectivity index (χ1n) is 9.87. The first-order valence-corrected chi connectivity index (χ1v) is 9.87. The molecule has 0 aliphatic carbocycles. The largest absolute Gasteiger partial charge is 0.493 e. The van der Waals surface area contributed by atoms with Crippen molar-refractivity contribution in [2.45, 2.75) is 26.7 Å². The predicted octanol–water partition coefficient (Wildman–Crippen LogP) is 5.19. The third kappa shape index (κ3) is 6.46. The SMILES string of the molecule is CC=CCc1ccc(OCCC)c(C=CC(=O)c2ccc(C(=O)N(C)C)cc2)c1. The Morgan fingerprint density at radius 2 is 1.72 bits per heavy atom. The highest BCUT2D eigenvalue weighted by Crippen LogP contribution is 2.23. The van der Waals surface area contributed by atoms with Gasteiger partial charge in [0.15, 0.2) is 5.78 Å². The molecule has 0 N–H and O–H groups in total. The molecule has 0 aromatic heterocycles. The highest BCUT2D eigenvalue weighted by atomic mass is 16.5. The fraction of sp³-hybridized carbons (Fsp3) is 0.280. The van der Waals surface area contributed by atoms with Crippen LogP contribution in [0, 0.1) is 0 Å². The van der Waals surface area contributed by atoms with Gasteiger partial charge < -0.3 is 9.64 Å². The number of carbonyl (C=O) groups is 2. The topological polar surface area (TPSA) is 46.6 Å². The Bertz CT molecular complexity index is 893. The molecule has 0 fully saturated rings. The lowest BCUT2D eigenvalue weighted by Crippen LogP contribution is -2.21. The van der Waals surface area contributed by atoms with E-state index < -0.39 is 0 Å². The summed E-state index contributed by atoms with van der Waals surface area (Å²) in [6.07, 6.45) is 9.21. The molecule has 4 heteroatoms. The van der Waals surface area contributed by atoms with Gasteiger partial charge in [0, 0.05) is 30.8 Å². The maximum Gasteiger partial charge on any atom is 0.253 e. The molecular formula is C25H29NO3. The average molecular weight is 392 g/mol. The van der Waals surface area contributed by atoms with Crippen molar-refractivity contribution in [3.8, 4) is 5.75 Å². The van der Waals surface area contributed by atoms with Crippen molar-refractivity contribution in [3.05, 3.63) is 82.9 Å². The molecule has 2 aromatic rings.